The normalized spacial score (nSPS) is 10.7. The Balaban J connectivity index is 2.17. The highest BCUT2D eigenvalue weighted by Gasteiger charge is 2.07. The van der Waals surface area contributed by atoms with E-state index < -0.39 is 0 Å². The van der Waals surface area contributed by atoms with E-state index in [1.54, 1.807) is 6.33 Å². The van der Waals surface area contributed by atoms with Crippen LogP contribution in [0.25, 0.3) is 0 Å². The van der Waals surface area contributed by atoms with Gasteiger partial charge in [0, 0.05) is 13.6 Å². The minimum atomic E-state index is 0.528. The third-order valence-electron chi connectivity index (χ3n) is 3.04. The van der Waals surface area contributed by atoms with Crippen LogP contribution in [0.2, 0.25) is 0 Å². The zero-order chi connectivity index (χ0) is 13.1. The van der Waals surface area contributed by atoms with Crippen molar-refractivity contribution in [3.05, 3.63) is 47.0 Å². The zero-order valence-electron chi connectivity index (χ0n) is 11.1. The van der Waals surface area contributed by atoms with E-state index in [0.29, 0.717) is 13.2 Å². The van der Waals surface area contributed by atoms with Crippen molar-refractivity contribution in [3.8, 4) is 5.75 Å². The Morgan fingerprint density at radius 1 is 1.28 bits per heavy atom. The smallest absolute Gasteiger partial charge is 0.130 e. The van der Waals surface area contributed by atoms with Gasteiger partial charge in [0.15, 0.2) is 0 Å². The van der Waals surface area contributed by atoms with Gasteiger partial charge in [-0.15, -0.1) is 0 Å². The Bertz CT molecular complexity index is 523. The van der Waals surface area contributed by atoms with Gasteiger partial charge < -0.3 is 15.0 Å². The van der Waals surface area contributed by atoms with Crippen molar-refractivity contribution in [1.82, 2.24) is 9.55 Å². The number of ether oxygens (including phenoxy) is 1. The van der Waals surface area contributed by atoms with Crippen molar-refractivity contribution in [3.63, 3.8) is 0 Å². The first kappa shape index (κ1) is 12.6. The summed E-state index contributed by atoms with van der Waals surface area (Å²) in [4.78, 5) is 4.07. The van der Waals surface area contributed by atoms with Gasteiger partial charge in [-0.25, -0.2) is 4.98 Å². The van der Waals surface area contributed by atoms with E-state index in [1.165, 1.54) is 0 Å². The van der Waals surface area contributed by atoms with Gasteiger partial charge in [-0.05, 0) is 30.5 Å². The molecule has 0 aliphatic carbocycles. The molecular weight excluding hydrogens is 226 g/mol. The lowest BCUT2D eigenvalue weighted by molar-refractivity contribution is 0.293. The molecular formula is C14H19N3O. The fourth-order valence-corrected chi connectivity index (χ4v) is 2.06. The quantitative estimate of drug-likeness (QED) is 0.897. The summed E-state index contributed by atoms with van der Waals surface area (Å²) >= 11 is 0. The molecule has 0 aliphatic heterocycles. The maximum Gasteiger partial charge on any atom is 0.130 e. The van der Waals surface area contributed by atoms with Crippen LogP contribution in [0.1, 0.15) is 22.4 Å². The third-order valence-corrected chi connectivity index (χ3v) is 3.04. The summed E-state index contributed by atoms with van der Waals surface area (Å²) in [6.45, 7) is 5.18. The molecule has 0 unspecified atom stereocenters. The molecule has 1 heterocycles. The maximum absolute atomic E-state index is 5.89. The van der Waals surface area contributed by atoms with Crippen LogP contribution in [-0.4, -0.2) is 9.55 Å². The number of nitrogens with two attached hydrogens (primary N) is 1. The molecule has 2 aromatic rings. The Hall–Kier alpha value is -1.81. The molecule has 1 aromatic carbocycles. The molecule has 0 amide bonds. The molecule has 0 fully saturated rings. The fourth-order valence-electron chi connectivity index (χ4n) is 2.06. The van der Waals surface area contributed by atoms with Gasteiger partial charge >= 0.3 is 0 Å². The Kier molecular flexibility index (Phi) is 3.67. The molecule has 4 nitrogen and oxygen atoms in total. The van der Waals surface area contributed by atoms with Crippen molar-refractivity contribution in [2.45, 2.75) is 27.0 Å². The predicted molar refractivity (Wildman–Crippen MR) is 71.3 cm³/mol. The van der Waals surface area contributed by atoms with Crippen LogP contribution in [0.5, 0.6) is 5.75 Å². The minimum Gasteiger partial charge on any atom is -0.487 e. The van der Waals surface area contributed by atoms with Gasteiger partial charge in [0.05, 0.1) is 18.2 Å². The van der Waals surface area contributed by atoms with E-state index in [2.05, 4.69) is 17.1 Å². The first-order valence-electron chi connectivity index (χ1n) is 6.00. The summed E-state index contributed by atoms with van der Waals surface area (Å²) in [5.74, 6) is 0.938. The molecule has 0 bridgehead atoms. The van der Waals surface area contributed by atoms with Gasteiger partial charge in [0.25, 0.3) is 0 Å². The van der Waals surface area contributed by atoms with Crippen molar-refractivity contribution in [2.24, 2.45) is 12.8 Å². The molecule has 0 aliphatic rings. The lowest BCUT2D eigenvalue weighted by Crippen LogP contribution is -2.04. The second-order valence-corrected chi connectivity index (χ2v) is 4.55. The van der Waals surface area contributed by atoms with Crippen LogP contribution in [0.4, 0.5) is 0 Å². The summed E-state index contributed by atoms with van der Waals surface area (Å²) in [7, 11) is 1.96. The van der Waals surface area contributed by atoms with E-state index in [-0.39, 0.29) is 0 Å². The summed E-state index contributed by atoms with van der Waals surface area (Å²) in [5, 5.41) is 0. The first-order chi connectivity index (χ1) is 8.61. The average Bonchev–Trinajstić information content (AvgIpc) is 2.73. The highest BCUT2D eigenvalue weighted by molar-refractivity contribution is 5.43. The van der Waals surface area contributed by atoms with Gasteiger partial charge in [0.1, 0.15) is 12.4 Å². The molecule has 2 rings (SSSR count). The summed E-state index contributed by atoms with van der Waals surface area (Å²) in [6.07, 6.45) is 3.59. The summed E-state index contributed by atoms with van der Waals surface area (Å²) in [5.41, 5.74) is 10.1. The highest BCUT2D eigenvalue weighted by atomic mass is 16.5. The molecule has 0 radical (unpaired) electrons. The summed E-state index contributed by atoms with van der Waals surface area (Å²) in [6, 6.07) is 4.15. The molecule has 18 heavy (non-hydrogen) atoms. The number of rotatable bonds is 4. The number of imidazole rings is 1. The van der Waals surface area contributed by atoms with Gasteiger partial charge in [-0.3, -0.25) is 0 Å². The van der Waals surface area contributed by atoms with Gasteiger partial charge in [0.2, 0.25) is 0 Å². The van der Waals surface area contributed by atoms with Crippen molar-refractivity contribution >= 4 is 0 Å². The number of hydrogen-bond donors (Lipinski definition) is 1. The van der Waals surface area contributed by atoms with Crippen LogP contribution < -0.4 is 10.5 Å². The third kappa shape index (κ3) is 2.54. The number of aryl methyl sites for hydroxylation is 3. The predicted octanol–water partition coefficient (Wildman–Crippen LogP) is 2.07. The molecule has 0 saturated carbocycles. The topological polar surface area (TPSA) is 53.1 Å². The van der Waals surface area contributed by atoms with Gasteiger partial charge in [-0.1, -0.05) is 12.1 Å². The van der Waals surface area contributed by atoms with Gasteiger partial charge in [-0.2, -0.15) is 0 Å². The standard InChI is InChI=1S/C14H19N3O/c1-10-4-12(6-15)5-11(2)14(10)18-8-13-7-16-9-17(13)3/h4-5,7,9H,6,8,15H2,1-3H3. The van der Waals surface area contributed by atoms with Crippen LogP contribution in [0.15, 0.2) is 24.7 Å². The van der Waals surface area contributed by atoms with Crippen molar-refractivity contribution in [1.29, 1.82) is 0 Å². The highest BCUT2D eigenvalue weighted by Crippen LogP contribution is 2.25. The van der Waals surface area contributed by atoms with Crippen LogP contribution in [0.3, 0.4) is 0 Å². The number of aromatic nitrogens is 2. The van der Waals surface area contributed by atoms with Crippen molar-refractivity contribution in [2.75, 3.05) is 0 Å². The van der Waals surface area contributed by atoms with E-state index in [1.807, 2.05) is 31.7 Å². The molecule has 1 aromatic heterocycles. The fraction of sp³-hybridized carbons (Fsp3) is 0.357. The second kappa shape index (κ2) is 5.23. The maximum atomic E-state index is 5.89. The Labute approximate surface area is 107 Å². The van der Waals surface area contributed by atoms with E-state index in [9.17, 15) is 0 Å². The number of benzene rings is 1. The molecule has 0 saturated heterocycles. The molecule has 96 valence electrons. The number of nitrogens with zero attached hydrogens (tertiary/aromatic N) is 2. The molecule has 0 spiro atoms. The van der Waals surface area contributed by atoms with Crippen molar-refractivity contribution < 1.29 is 4.74 Å². The van der Waals surface area contributed by atoms with Crippen LogP contribution in [0, 0.1) is 13.8 Å². The lowest BCUT2D eigenvalue weighted by Gasteiger charge is -2.13. The average molecular weight is 245 g/mol. The lowest BCUT2D eigenvalue weighted by atomic mass is 10.1. The zero-order valence-corrected chi connectivity index (χ0v) is 11.1. The van der Waals surface area contributed by atoms with E-state index in [0.717, 1.165) is 28.1 Å². The Morgan fingerprint density at radius 3 is 2.44 bits per heavy atom. The minimum absolute atomic E-state index is 0.528. The van der Waals surface area contributed by atoms with Crippen LogP contribution in [-0.2, 0) is 20.2 Å². The molecule has 0 atom stereocenters. The monoisotopic (exact) mass is 245 g/mol. The largest absolute Gasteiger partial charge is 0.487 e. The molecule has 2 N–H and O–H groups in total. The van der Waals surface area contributed by atoms with E-state index in [4.69, 9.17) is 10.5 Å². The van der Waals surface area contributed by atoms with E-state index >= 15 is 0 Å². The summed E-state index contributed by atoms with van der Waals surface area (Å²) < 4.78 is 7.85. The Morgan fingerprint density at radius 2 is 1.94 bits per heavy atom. The molecule has 4 heteroatoms. The number of hydrogen-bond acceptors (Lipinski definition) is 3. The SMILES string of the molecule is Cc1cc(CN)cc(C)c1OCc1cncn1C. The first-order valence-corrected chi connectivity index (χ1v) is 6.00. The van der Waals surface area contributed by atoms with Crippen LogP contribution >= 0.6 is 0 Å². The second-order valence-electron chi connectivity index (χ2n) is 4.55.